The van der Waals surface area contributed by atoms with E-state index in [0.29, 0.717) is 4.90 Å². The number of rotatable bonds is 4. The van der Waals surface area contributed by atoms with Gasteiger partial charge in [0.1, 0.15) is 5.69 Å². The highest BCUT2D eigenvalue weighted by atomic mass is 32.2. The molecule has 0 saturated carbocycles. The Morgan fingerprint density at radius 2 is 2.15 bits per heavy atom. The Labute approximate surface area is 116 Å². The summed E-state index contributed by atoms with van der Waals surface area (Å²) >= 11 is 0.903. The number of aromatic nitrogens is 1. The lowest BCUT2D eigenvalue weighted by Gasteiger charge is -2.04. The first-order valence-electron chi connectivity index (χ1n) is 5.29. The van der Waals surface area contributed by atoms with E-state index in [1.54, 1.807) is 0 Å². The van der Waals surface area contributed by atoms with Gasteiger partial charge >= 0.3 is 11.7 Å². The molecule has 1 N–H and O–H groups in total. The van der Waals surface area contributed by atoms with Gasteiger partial charge in [-0.3, -0.25) is 10.1 Å². The number of carboxylic acids is 1. The Morgan fingerprint density at radius 1 is 1.40 bits per heavy atom. The van der Waals surface area contributed by atoms with Crippen LogP contribution in [0.25, 0.3) is 0 Å². The van der Waals surface area contributed by atoms with Crippen LogP contribution >= 0.6 is 11.8 Å². The molecule has 2 rings (SSSR count). The van der Waals surface area contributed by atoms with E-state index in [9.17, 15) is 19.3 Å². The van der Waals surface area contributed by atoms with E-state index >= 15 is 0 Å². The highest BCUT2D eigenvalue weighted by Crippen LogP contribution is 2.36. The Bertz CT molecular complexity index is 693. The standard InChI is InChI=1S/C12H7FN2O4S/c13-8-2-1-3-10(11(8)15(18)19)20-7-4-5-14-9(6-7)12(16)17/h1-6H,(H,16,17). The number of hydrogen-bond acceptors (Lipinski definition) is 5. The number of benzene rings is 1. The lowest BCUT2D eigenvalue weighted by atomic mass is 10.3. The van der Waals surface area contributed by atoms with Crippen molar-refractivity contribution in [3.05, 3.63) is 58.2 Å². The lowest BCUT2D eigenvalue weighted by molar-refractivity contribution is -0.390. The monoisotopic (exact) mass is 294 g/mol. The summed E-state index contributed by atoms with van der Waals surface area (Å²) in [6, 6.07) is 6.50. The zero-order valence-electron chi connectivity index (χ0n) is 9.82. The summed E-state index contributed by atoms with van der Waals surface area (Å²) < 4.78 is 13.4. The molecule has 1 aromatic heterocycles. The number of hydrogen-bond donors (Lipinski definition) is 1. The minimum atomic E-state index is -1.21. The van der Waals surface area contributed by atoms with Crippen molar-refractivity contribution in [3.63, 3.8) is 0 Å². The maximum atomic E-state index is 13.4. The molecule has 20 heavy (non-hydrogen) atoms. The fourth-order valence-corrected chi connectivity index (χ4v) is 2.44. The van der Waals surface area contributed by atoms with Crippen molar-refractivity contribution in [2.24, 2.45) is 0 Å². The third-order valence-electron chi connectivity index (χ3n) is 2.31. The van der Waals surface area contributed by atoms with Crippen LogP contribution in [0.4, 0.5) is 10.1 Å². The number of nitro benzene ring substituents is 1. The summed E-state index contributed by atoms with van der Waals surface area (Å²) in [7, 11) is 0. The fraction of sp³-hybridized carbons (Fsp3) is 0. The summed E-state index contributed by atoms with van der Waals surface area (Å²) in [6.45, 7) is 0. The molecule has 0 amide bonds. The van der Waals surface area contributed by atoms with Crippen molar-refractivity contribution in [1.82, 2.24) is 4.98 Å². The van der Waals surface area contributed by atoms with Crippen LogP contribution in [0.15, 0.2) is 46.3 Å². The largest absolute Gasteiger partial charge is 0.477 e. The number of nitrogens with zero attached hydrogens (tertiary/aromatic N) is 2. The van der Waals surface area contributed by atoms with Crippen molar-refractivity contribution < 1.29 is 19.2 Å². The van der Waals surface area contributed by atoms with E-state index in [4.69, 9.17) is 5.11 Å². The molecule has 0 radical (unpaired) electrons. The van der Waals surface area contributed by atoms with Crippen molar-refractivity contribution in [2.75, 3.05) is 0 Å². The topological polar surface area (TPSA) is 93.3 Å². The maximum Gasteiger partial charge on any atom is 0.354 e. The number of carboxylic acid groups (broad SMARTS) is 1. The highest BCUT2D eigenvalue weighted by molar-refractivity contribution is 7.99. The Balaban J connectivity index is 2.40. The number of aromatic carboxylic acids is 1. The van der Waals surface area contributed by atoms with Gasteiger partial charge in [-0.25, -0.2) is 9.78 Å². The normalized spacial score (nSPS) is 10.2. The molecule has 6 nitrogen and oxygen atoms in total. The smallest absolute Gasteiger partial charge is 0.354 e. The second-order valence-corrected chi connectivity index (χ2v) is 4.74. The molecule has 0 spiro atoms. The summed E-state index contributed by atoms with van der Waals surface area (Å²) in [5, 5.41) is 19.7. The zero-order chi connectivity index (χ0) is 14.7. The van der Waals surface area contributed by atoms with E-state index in [2.05, 4.69) is 4.98 Å². The molecule has 1 heterocycles. The number of nitro groups is 1. The van der Waals surface area contributed by atoms with Gasteiger partial charge < -0.3 is 5.11 Å². The SMILES string of the molecule is O=C(O)c1cc(Sc2cccc(F)c2[N+](=O)[O-])ccn1. The maximum absolute atomic E-state index is 13.4. The van der Waals surface area contributed by atoms with E-state index in [-0.39, 0.29) is 10.6 Å². The van der Waals surface area contributed by atoms with Crippen LogP contribution in [0.5, 0.6) is 0 Å². The summed E-state index contributed by atoms with van der Waals surface area (Å²) in [5.41, 5.74) is -0.819. The Hall–Kier alpha value is -2.48. The van der Waals surface area contributed by atoms with Crippen LogP contribution in [0.3, 0.4) is 0 Å². The summed E-state index contributed by atoms with van der Waals surface area (Å²) in [6.07, 6.45) is 1.27. The molecule has 1 aromatic carbocycles. The molecule has 2 aromatic rings. The second kappa shape index (κ2) is 5.66. The highest BCUT2D eigenvalue weighted by Gasteiger charge is 2.20. The third kappa shape index (κ3) is 2.91. The quantitative estimate of drug-likeness (QED) is 0.688. The average molecular weight is 294 g/mol. The van der Waals surface area contributed by atoms with Crippen molar-refractivity contribution in [1.29, 1.82) is 0 Å². The van der Waals surface area contributed by atoms with Crippen LogP contribution in [-0.2, 0) is 0 Å². The summed E-state index contributed by atoms with van der Waals surface area (Å²) in [4.78, 5) is 25.0. The van der Waals surface area contributed by atoms with Gasteiger partial charge in [0.2, 0.25) is 5.82 Å². The first-order valence-corrected chi connectivity index (χ1v) is 6.11. The molecular weight excluding hydrogens is 287 g/mol. The van der Waals surface area contributed by atoms with Crippen molar-refractivity contribution in [3.8, 4) is 0 Å². The molecule has 0 aliphatic rings. The fourth-order valence-electron chi connectivity index (χ4n) is 1.47. The van der Waals surface area contributed by atoms with Gasteiger partial charge in [-0.05, 0) is 24.3 Å². The molecule has 0 aliphatic heterocycles. The van der Waals surface area contributed by atoms with Gasteiger partial charge in [-0.2, -0.15) is 4.39 Å². The van der Waals surface area contributed by atoms with Crippen LogP contribution in [0.1, 0.15) is 10.5 Å². The molecule has 0 atom stereocenters. The van der Waals surface area contributed by atoms with Crippen molar-refractivity contribution in [2.45, 2.75) is 9.79 Å². The van der Waals surface area contributed by atoms with Crippen LogP contribution in [0, 0.1) is 15.9 Å². The molecule has 102 valence electrons. The predicted molar refractivity (Wildman–Crippen MR) is 68.4 cm³/mol. The van der Waals surface area contributed by atoms with Crippen LogP contribution < -0.4 is 0 Å². The van der Waals surface area contributed by atoms with Gasteiger partial charge in [0, 0.05) is 11.1 Å². The number of para-hydroxylation sites is 1. The minimum Gasteiger partial charge on any atom is -0.477 e. The van der Waals surface area contributed by atoms with E-state index in [1.807, 2.05) is 0 Å². The molecule has 0 unspecified atom stereocenters. The van der Waals surface area contributed by atoms with E-state index in [1.165, 1.54) is 30.5 Å². The molecular formula is C12H7FN2O4S. The van der Waals surface area contributed by atoms with E-state index < -0.39 is 22.4 Å². The molecule has 0 aliphatic carbocycles. The van der Waals surface area contributed by atoms with Gasteiger partial charge in [0.05, 0.1) is 9.82 Å². The lowest BCUT2D eigenvalue weighted by Crippen LogP contribution is -1.99. The van der Waals surface area contributed by atoms with Crippen LogP contribution in [-0.4, -0.2) is 21.0 Å². The average Bonchev–Trinajstić information content (AvgIpc) is 2.38. The molecule has 0 bridgehead atoms. The first-order chi connectivity index (χ1) is 9.49. The second-order valence-electron chi connectivity index (χ2n) is 3.63. The zero-order valence-corrected chi connectivity index (χ0v) is 10.6. The Kier molecular flexibility index (Phi) is 3.94. The molecule has 8 heteroatoms. The number of carbonyl (C=O) groups is 1. The van der Waals surface area contributed by atoms with Gasteiger partial charge in [0.15, 0.2) is 0 Å². The van der Waals surface area contributed by atoms with Crippen molar-refractivity contribution >= 4 is 23.4 Å². The predicted octanol–water partition coefficient (Wildman–Crippen LogP) is 2.98. The van der Waals surface area contributed by atoms with Gasteiger partial charge in [0.25, 0.3) is 0 Å². The Morgan fingerprint density at radius 3 is 2.80 bits per heavy atom. The molecule has 0 saturated heterocycles. The van der Waals surface area contributed by atoms with Crippen LogP contribution in [0.2, 0.25) is 0 Å². The number of pyridine rings is 1. The first kappa shape index (κ1) is 13.9. The van der Waals surface area contributed by atoms with Gasteiger partial charge in [-0.15, -0.1) is 0 Å². The van der Waals surface area contributed by atoms with E-state index in [0.717, 1.165) is 17.8 Å². The minimum absolute atomic E-state index is 0.0949. The molecule has 0 fully saturated rings. The van der Waals surface area contributed by atoms with Gasteiger partial charge in [-0.1, -0.05) is 17.8 Å². The third-order valence-corrected chi connectivity index (χ3v) is 3.35. The summed E-state index contributed by atoms with van der Waals surface area (Å²) in [5.74, 6) is -2.14. The number of halogens is 1.